The third kappa shape index (κ3) is 3.47. The van der Waals surface area contributed by atoms with E-state index in [4.69, 9.17) is 0 Å². The summed E-state index contributed by atoms with van der Waals surface area (Å²) in [6.07, 6.45) is 0. The zero-order valence-electron chi connectivity index (χ0n) is 15.5. The summed E-state index contributed by atoms with van der Waals surface area (Å²) in [5, 5.41) is 5.49. The predicted octanol–water partition coefficient (Wildman–Crippen LogP) is 0.379. The third-order valence-corrected chi connectivity index (χ3v) is 5.42. The molecule has 3 heteroatoms. The van der Waals surface area contributed by atoms with Crippen molar-refractivity contribution in [1.29, 1.82) is 0 Å². The van der Waals surface area contributed by atoms with Crippen molar-refractivity contribution < 1.29 is 51.0 Å². The van der Waals surface area contributed by atoms with Crippen LogP contribution < -0.4 is 24.8 Å². The smallest absolute Gasteiger partial charge is 1.00 e. The zero-order valence-corrected chi connectivity index (χ0v) is 19.5. The summed E-state index contributed by atoms with van der Waals surface area (Å²) in [6.45, 7) is 9.19. The van der Waals surface area contributed by atoms with Crippen molar-refractivity contribution in [2.75, 3.05) is 0 Å². The molecule has 0 unspecified atom stereocenters. The molecule has 4 aromatic rings. The van der Waals surface area contributed by atoms with Crippen LogP contribution in [0.3, 0.4) is 0 Å². The maximum Gasteiger partial charge on any atom is 4.00 e. The van der Waals surface area contributed by atoms with Crippen LogP contribution in [-0.2, 0) is 31.6 Å². The second-order valence-electron chi connectivity index (χ2n) is 7.18. The van der Waals surface area contributed by atoms with Crippen molar-refractivity contribution in [2.45, 2.75) is 33.1 Å². The van der Waals surface area contributed by atoms with Crippen LogP contribution in [0, 0.1) is 13.8 Å². The fraction of sp³-hybridized carbons (Fsp3) is 0.217. The summed E-state index contributed by atoms with van der Waals surface area (Å²) in [7, 11) is 0. The molecule has 0 amide bonds. The van der Waals surface area contributed by atoms with Gasteiger partial charge in [-0.05, 0) is 5.41 Å². The van der Waals surface area contributed by atoms with Crippen LogP contribution in [-0.4, -0.2) is 0 Å². The molecule has 0 spiro atoms. The van der Waals surface area contributed by atoms with Gasteiger partial charge in [-0.1, -0.05) is 39.8 Å². The average molecular weight is 461 g/mol. The van der Waals surface area contributed by atoms with Crippen molar-refractivity contribution in [1.82, 2.24) is 0 Å². The van der Waals surface area contributed by atoms with Gasteiger partial charge in [0.05, 0.1) is 0 Å². The van der Waals surface area contributed by atoms with E-state index in [1.807, 2.05) is 0 Å². The minimum atomic E-state index is -0.00301. The standard InChI is InChI=1S/C23H22.2ClH.Zr/c1-15-13-22(20-12-8-7-10-18(15)20)23(3,4)21-14-17-9-5-6-11-19(17)16(21)2;;;/h5-14H,1-4H3;2*1H;/q-2;;;+4/p-2. The van der Waals surface area contributed by atoms with Gasteiger partial charge in [0.1, 0.15) is 0 Å². The molecule has 0 saturated carbocycles. The Morgan fingerprint density at radius 2 is 1.42 bits per heavy atom. The van der Waals surface area contributed by atoms with Crippen molar-refractivity contribution in [3.05, 3.63) is 82.9 Å². The molecule has 0 aliphatic rings. The Hall–Kier alpha value is -0.877. The van der Waals surface area contributed by atoms with E-state index < -0.39 is 0 Å². The van der Waals surface area contributed by atoms with E-state index in [9.17, 15) is 0 Å². The molecular formula is C23H22Cl2Zr. The van der Waals surface area contributed by atoms with E-state index in [0.29, 0.717) is 0 Å². The van der Waals surface area contributed by atoms with E-state index in [1.165, 1.54) is 43.8 Å². The van der Waals surface area contributed by atoms with Gasteiger partial charge in [-0.3, -0.25) is 0 Å². The molecule has 0 bridgehead atoms. The molecule has 0 heterocycles. The van der Waals surface area contributed by atoms with E-state index in [0.717, 1.165) is 0 Å². The summed E-state index contributed by atoms with van der Waals surface area (Å²) in [5.74, 6) is 0. The molecule has 4 rings (SSSR count). The molecule has 132 valence electrons. The maximum atomic E-state index is 2.38. The van der Waals surface area contributed by atoms with Crippen molar-refractivity contribution in [3.8, 4) is 0 Å². The van der Waals surface area contributed by atoms with Crippen LogP contribution in [0.1, 0.15) is 36.1 Å². The summed E-state index contributed by atoms with van der Waals surface area (Å²) < 4.78 is 0. The topological polar surface area (TPSA) is 0 Å². The number of hydrogen-bond donors (Lipinski definition) is 0. The molecule has 4 aromatic carbocycles. The van der Waals surface area contributed by atoms with E-state index in [1.54, 1.807) is 0 Å². The van der Waals surface area contributed by atoms with E-state index in [-0.39, 0.29) is 56.4 Å². The summed E-state index contributed by atoms with van der Waals surface area (Å²) >= 11 is 0. The second kappa shape index (κ2) is 8.43. The second-order valence-corrected chi connectivity index (χ2v) is 7.18. The third-order valence-electron chi connectivity index (χ3n) is 5.42. The minimum absolute atomic E-state index is 0. The monoisotopic (exact) mass is 458 g/mol. The number of benzene rings is 2. The fourth-order valence-electron chi connectivity index (χ4n) is 4.12. The SMILES string of the molecule is Cc1c(C(C)(C)[c-]2cc(C)c3ccccc32)[cH-]c2ccccc12.[Cl-].[Cl-].[Zr+4]. The molecule has 0 nitrogen and oxygen atoms in total. The number of hydrogen-bond acceptors (Lipinski definition) is 0. The first-order chi connectivity index (χ1) is 11.0. The van der Waals surface area contributed by atoms with Crippen LogP contribution >= 0.6 is 0 Å². The number of halogens is 2. The largest absolute Gasteiger partial charge is 4.00 e. The molecule has 0 atom stereocenters. The summed E-state index contributed by atoms with van der Waals surface area (Å²) in [5.41, 5.74) is 5.65. The molecule has 0 aliphatic carbocycles. The zero-order chi connectivity index (χ0) is 16.2. The van der Waals surface area contributed by atoms with Gasteiger partial charge in [-0.25, -0.2) is 0 Å². The average Bonchev–Trinajstić information content (AvgIpc) is 3.07. The number of fused-ring (bicyclic) bond motifs is 2. The van der Waals surface area contributed by atoms with E-state index >= 15 is 0 Å². The van der Waals surface area contributed by atoms with Gasteiger partial charge in [0, 0.05) is 0 Å². The predicted molar refractivity (Wildman–Crippen MR) is 101 cm³/mol. The Labute approximate surface area is 187 Å². The molecule has 26 heavy (non-hydrogen) atoms. The quantitative estimate of drug-likeness (QED) is 0.380. The van der Waals surface area contributed by atoms with Crippen LogP contribution in [0.5, 0.6) is 0 Å². The Morgan fingerprint density at radius 3 is 2.08 bits per heavy atom. The molecule has 0 aromatic heterocycles. The normalized spacial score (nSPS) is 10.9. The molecule has 0 N–H and O–H groups in total. The molecule has 0 fully saturated rings. The van der Waals surface area contributed by atoms with Crippen LogP contribution in [0.15, 0.2) is 60.7 Å². The molecular weight excluding hydrogens is 438 g/mol. The first kappa shape index (κ1) is 23.2. The van der Waals surface area contributed by atoms with Crippen molar-refractivity contribution in [3.63, 3.8) is 0 Å². The first-order valence-electron chi connectivity index (χ1n) is 8.31. The van der Waals surface area contributed by atoms with Crippen LogP contribution in [0.4, 0.5) is 0 Å². The Bertz CT molecular complexity index is 1020. The van der Waals surface area contributed by atoms with Gasteiger partial charge in [0.25, 0.3) is 0 Å². The molecule has 0 saturated heterocycles. The molecule has 0 aliphatic heterocycles. The summed E-state index contributed by atoms with van der Waals surface area (Å²) in [4.78, 5) is 0. The van der Waals surface area contributed by atoms with Crippen LogP contribution in [0.2, 0.25) is 0 Å². The molecule has 0 radical (unpaired) electrons. The van der Waals surface area contributed by atoms with Crippen LogP contribution in [0.25, 0.3) is 21.5 Å². The van der Waals surface area contributed by atoms with Crippen molar-refractivity contribution >= 4 is 21.5 Å². The number of aryl methyl sites for hydroxylation is 2. The van der Waals surface area contributed by atoms with E-state index in [2.05, 4.69) is 88.4 Å². The van der Waals surface area contributed by atoms with Gasteiger partial charge >= 0.3 is 26.2 Å². The number of rotatable bonds is 2. The van der Waals surface area contributed by atoms with Gasteiger partial charge in [0.15, 0.2) is 0 Å². The van der Waals surface area contributed by atoms with Gasteiger partial charge < -0.3 is 24.8 Å². The van der Waals surface area contributed by atoms with Gasteiger partial charge in [-0.2, -0.15) is 11.1 Å². The fourth-order valence-corrected chi connectivity index (χ4v) is 4.12. The van der Waals surface area contributed by atoms with Gasteiger partial charge in [0.2, 0.25) is 0 Å². The minimum Gasteiger partial charge on any atom is -1.00 e. The Balaban J connectivity index is 0.00000113. The Morgan fingerprint density at radius 1 is 0.846 bits per heavy atom. The Kier molecular flexibility index (Phi) is 7.51. The van der Waals surface area contributed by atoms with Crippen molar-refractivity contribution in [2.24, 2.45) is 0 Å². The first-order valence-corrected chi connectivity index (χ1v) is 8.31. The summed E-state index contributed by atoms with van der Waals surface area (Å²) in [6, 6.07) is 22.2. The van der Waals surface area contributed by atoms with Gasteiger partial charge in [-0.15, -0.1) is 81.2 Å². The maximum absolute atomic E-state index is 2.38.